The molecule has 0 atom stereocenters. The Labute approximate surface area is 223 Å². The van der Waals surface area contributed by atoms with Crippen molar-refractivity contribution in [1.82, 2.24) is 4.90 Å². The fourth-order valence-electron chi connectivity index (χ4n) is 4.04. The summed E-state index contributed by atoms with van der Waals surface area (Å²) in [7, 11) is 1.31. The third-order valence-corrected chi connectivity index (χ3v) is 7.97. The second-order valence-corrected chi connectivity index (χ2v) is 10.6. The number of nitrogens with one attached hydrogen (secondary N) is 2. The Morgan fingerprint density at radius 1 is 1.03 bits per heavy atom. The van der Waals surface area contributed by atoms with Crippen LogP contribution < -0.4 is 10.6 Å². The molecule has 2 aromatic carbocycles. The van der Waals surface area contributed by atoms with Crippen molar-refractivity contribution in [3.63, 3.8) is 0 Å². The highest BCUT2D eigenvalue weighted by atomic mass is 32.2. The molecule has 0 spiro atoms. The van der Waals surface area contributed by atoms with E-state index in [0.29, 0.717) is 35.8 Å². The quantitative estimate of drug-likeness (QED) is 0.327. The minimum atomic E-state index is -0.504. The number of carbonyl (C=O) groups is 4. The van der Waals surface area contributed by atoms with Gasteiger partial charge in [-0.1, -0.05) is 36.4 Å². The van der Waals surface area contributed by atoms with Gasteiger partial charge in [0.15, 0.2) is 0 Å². The fraction of sp³-hybridized carbons (Fsp3) is 0.259. The summed E-state index contributed by atoms with van der Waals surface area (Å²) in [5.74, 6) is -0.804. The van der Waals surface area contributed by atoms with E-state index in [-0.39, 0.29) is 29.9 Å². The molecule has 1 aliphatic heterocycles. The van der Waals surface area contributed by atoms with Gasteiger partial charge >= 0.3 is 5.97 Å². The topological polar surface area (TPSA) is 105 Å². The molecule has 0 saturated heterocycles. The molecule has 0 aliphatic carbocycles. The van der Waals surface area contributed by atoms with Crippen molar-refractivity contribution in [2.75, 3.05) is 30.0 Å². The maximum Gasteiger partial charge on any atom is 0.341 e. The van der Waals surface area contributed by atoms with Gasteiger partial charge in [0.05, 0.1) is 31.4 Å². The molecular weight excluding hydrogens is 510 g/mol. The van der Waals surface area contributed by atoms with Crippen LogP contribution in [0, 0.1) is 0 Å². The number of hydrogen-bond acceptors (Lipinski definition) is 7. The molecule has 1 aliphatic rings. The van der Waals surface area contributed by atoms with E-state index in [1.54, 1.807) is 11.0 Å². The molecule has 37 heavy (non-hydrogen) atoms. The van der Waals surface area contributed by atoms with E-state index in [0.717, 1.165) is 20.9 Å². The molecule has 4 rings (SSSR count). The molecule has 2 heterocycles. The summed E-state index contributed by atoms with van der Waals surface area (Å²) in [4.78, 5) is 52.9. The van der Waals surface area contributed by atoms with Crippen LogP contribution in [0.4, 0.5) is 10.7 Å². The zero-order chi connectivity index (χ0) is 26.4. The molecule has 0 bridgehead atoms. The molecule has 3 aromatic rings. The number of benzene rings is 2. The van der Waals surface area contributed by atoms with Gasteiger partial charge in [-0.05, 0) is 35.7 Å². The van der Waals surface area contributed by atoms with Crippen molar-refractivity contribution in [1.29, 1.82) is 0 Å². The highest BCUT2D eigenvalue weighted by molar-refractivity contribution is 8.00. The molecule has 8 nitrogen and oxygen atoms in total. The van der Waals surface area contributed by atoms with Gasteiger partial charge in [0.2, 0.25) is 17.7 Å². The van der Waals surface area contributed by atoms with Crippen LogP contribution in [0.2, 0.25) is 0 Å². The number of thiophene rings is 1. The van der Waals surface area contributed by atoms with Crippen molar-refractivity contribution in [3.05, 3.63) is 76.2 Å². The molecule has 3 amide bonds. The first-order valence-electron chi connectivity index (χ1n) is 11.7. The van der Waals surface area contributed by atoms with E-state index in [9.17, 15) is 19.2 Å². The van der Waals surface area contributed by atoms with Crippen LogP contribution in [0.15, 0.2) is 59.5 Å². The molecule has 0 radical (unpaired) electrons. The number of carbonyl (C=O) groups excluding carboxylic acids is 4. The third kappa shape index (κ3) is 6.78. The lowest BCUT2D eigenvalue weighted by Crippen LogP contribution is -2.33. The van der Waals surface area contributed by atoms with Crippen LogP contribution in [-0.4, -0.2) is 48.0 Å². The van der Waals surface area contributed by atoms with Crippen LogP contribution in [0.5, 0.6) is 0 Å². The number of anilines is 2. The number of thioether (sulfide) groups is 1. The minimum Gasteiger partial charge on any atom is -0.465 e. The Morgan fingerprint density at radius 3 is 2.54 bits per heavy atom. The molecule has 0 saturated carbocycles. The normalized spacial score (nSPS) is 12.4. The van der Waals surface area contributed by atoms with Crippen LogP contribution in [-0.2, 0) is 38.5 Å². The molecule has 0 fully saturated rings. The molecule has 0 unspecified atom stereocenters. The second kappa shape index (κ2) is 12.1. The van der Waals surface area contributed by atoms with Crippen LogP contribution in [0.3, 0.4) is 0 Å². The van der Waals surface area contributed by atoms with E-state index in [1.165, 1.54) is 37.1 Å². The van der Waals surface area contributed by atoms with Crippen LogP contribution >= 0.6 is 23.1 Å². The van der Waals surface area contributed by atoms with E-state index >= 15 is 0 Å². The van der Waals surface area contributed by atoms with Crippen molar-refractivity contribution in [2.45, 2.75) is 31.2 Å². The van der Waals surface area contributed by atoms with Crippen molar-refractivity contribution in [3.8, 4) is 0 Å². The van der Waals surface area contributed by atoms with Gasteiger partial charge < -0.3 is 20.3 Å². The maximum absolute atomic E-state index is 12.8. The first-order valence-corrected chi connectivity index (χ1v) is 13.5. The monoisotopic (exact) mass is 537 g/mol. The first-order chi connectivity index (χ1) is 17.8. The summed E-state index contributed by atoms with van der Waals surface area (Å²) in [5, 5.41) is 6.19. The number of amides is 3. The number of nitrogens with zero attached hydrogens (tertiary/aromatic N) is 1. The summed E-state index contributed by atoms with van der Waals surface area (Å²) in [6.45, 7) is 2.45. The highest BCUT2D eigenvalue weighted by Crippen LogP contribution is 2.38. The molecule has 2 N–H and O–H groups in total. The summed E-state index contributed by atoms with van der Waals surface area (Å²) in [6.07, 6.45) is 0.807. The highest BCUT2D eigenvalue weighted by Gasteiger charge is 2.30. The summed E-state index contributed by atoms with van der Waals surface area (Å²) in [5.41, 5.74) is 2.78. The fourth-order valence-corrected chi connectivity index (χ4v) is 6.06. The number of fused-ring (bicyclic) bond motifs is 1. The Bertz CT molecular complexity index is 1320. The average molecular weight is 538 g/mol. The smallest absolute Gasteiger partial charge is 0.341 e. The largest absolute Gasteiger partial charge is 0.465 e. The summed E-state index contributed by atoms with van der Waals surface area (Å²) >= 11 is 2.63. The van der Waals surface area contributed by atoms with Gasteiger partial charge in [0, 0.05) is 28.9 Å². The number of esters is 1. The van der Waals surface area contributed by atoms with E-state index in [2.05, 4.69) is 10.6 Å². The summed E-state index contributed by atoms with van der Waals surface area (Å²) < 4.78 is 4.96. The SMILES string of the molecule is COC(=O)c1c(NC(=O)CSc2cccc(NC(=O)Cc3ccccc3)c2)sc2c1CCN(C(C)=O)C2. The number of methoxy groups -OCH3 is 1. The lowest BCUT2D eigenvalue weighted by molar-refractivity contribution is -0.129. The van der Waals surface area contributed by atoms with Crippen molar-refractivity contribution < 1.29 is 23.9 Å². The Morgan fingerprint density at radius 2 is 1.81 bits per heavy atom. The van der Waals surface area contributed by atoms with Gasteiger partial charge in [-0.3, -0.25) is 14.4 Å². The van der Waals surface area contributed by atoms with Gasteiger partial charge in [-0.25, -0.2) is 4.79 Å². The van der Waals surface area contributed by atoms with Crippen molar-refractivity contribution in [2.24, 2.45) is 0 Å². The molecule has 10 heteroatoms. The van der Waals surface area contributed by atoms with E-state index < -0.39 is 5.97 Å². The van der Waals surface area contributed by atoms with Gasteiger partial charge in [0.25, 0.3) is 0 Å². The van der Waals surface area contributed by atoms with E-state index in [1.807, 2.05) is 48.5 Å². The average Bonchev–Trinajstić information content (AvgIpc) is 3.24. The number of hydrogen-bond donors (Lipinski definition) is 2. The molecular formula is C27H27N3O5S2. The van der Waals surface area contributed by atoms with Crippen LogP contribution in [0.25, 0.3) is 0 Å². The minimum absolute atomic E-state index is 0.0286. The second-order valence-electron chi connectivity index (χ2n) is 8.47. The van der Waals surface area contributed by atoms with Gasteiger partial charge in [-0.15, -0.1) is 23.1 Å². The maximum atomic E-state index is 12.8. The van der Waals surface area contributed by atoms with Gasteiger partial charge in [-0.2, -0.15) is 0 Å². The molecule has 1 aromatic heterocycles. The number of ether oxygens (including phenoxy) is 1. The van der Waals surface area contributed by atoms with Crippen molar-refractivity contribution >= 4 is 57.5 Å². The Balaban J connectivity index is 1.38. The third-order valence-electron chi connectivity index (χ3n) is 5.84. The first kappa shape index (κ1) is 26.4. The zero-order valence-corrected chi connectivity index (χ0v) is 22.2. The molecule has 192 valence electrons. The predicted octanol–water partition coefficient (Wildman–Crippen LogP) is 4.35. The Kier molecular flexibility index (Phi) is 8.62. The number of rotatable bonds is 8. The Hall–Kier alpha value is -3.63. The van der Waals surface area contributed by atoms with Gasteiger partial charge in [0.1, 0.15) is 5.00 Å². The van der Waals surface area contributed by atoms with Crippen LogP contribution in [0.1, 0.15) is 33.3 Å². The lowest BCUT2D eigenvalue weighted by Gasteiger charge is -2.25. The predicted molar refractivity (Wildman–Crippen MR) is 145 cm³/mol. The lowest BCUT2D eigenvalue weighted by atomic mass is 10.0. The standard InChI is InChI=1S/C27H27N3O5S2/c1-17(31)30-12-11-21-22(15-30)37-26(25(21)27(34)35-2)29-24(33)16-36-20-10-6-9-19(14-20)28-23(32)13-18-7-4-3-5-8-18/h3-10,14H,11-13,15-16H2,1-2H3,(H,28,32)(H,29,33). The summed E-state index contributed by atoms with van der Waals surface area (Å²) in [6, 6.07) is 16.8. The van der Waals surface area contributed by atoms with E-state index in [4.69, 9.17) is 4.74 Å². The zero-order valence-electron chi connectivity index (χ0n) is 20.5.